The third-order valence-corrected chi connectivity index (χ3v) is 5.07. The first-order chi connectivity index (χ1) is 12.8. The van der Waals surface area contributed by atoms with Gasteiger partial charge in [0.1, 0.15) is 5.75 Å². The molecule has 0 aliphatic rings. The van der Waals surface area contributed by atoms with E-state index in [9.17, 15) is 13.2 Å². The molecule has 0 radical (unpaired) electrons. The van der Waals surface area contributed by atoms with Crippen LogP contribution in [0.2, 0.25) is 0 Å². The highest BCUT2D eigenvalue weighted by Gasteiger charge is 2.20. The third kappa shape index (κ3) is 4.07. The molecule has 0 fully saturated rings. The van der Waals surface area contributed by atoms with Crippen LogP contribution in [0.15, 0.2) is 59.6 Å². The molecule has 3 rings (SSSR count). The summed E-state index contributed by atoms with van der Waals surface area (Å²) >= 11 is 0. The van der Waals surface area contributed by atoms with Crippen molar-refractivity contribution in [2.75, 3.05) is 14.2 Å². The topological polar surface area (TPSA) is 103 Å². The molecule has 0 atom stereocenters. The van der Waals surface area contributed by atoms with Gasteiger partial charge in [0.25, 0.3) is 5.91 Å². The van der Waals surface area contributed by atoms with Crippen LogP contribution in [-0.2, 0) is 16.6 Å². The summed E-state index contributed by atoms with van der Waals surface area (Å²) in [5.74, 6) is -0.0920. The van der Waals surface area contributed by atoms with Crippen molar-refractivity contribution in [3.05, 3.63) is 65.9 Å². The molecule has 0 aliphatic heterocycles. The highest BCUT2D eigenvalue weighted by atomic mass is 32.2. The Kier molecular flexibility index (Phi) is 5.11. The number of pyridine rings is 1. The van der Waals surface area contributed by atoms with Crippen LogP contribution in [0.5, 0.6) is 5.75 Å². The first-order valence-electron chi connectivity index (χ1n) is 8.09. The SMILES string of the molecule is COc1ccc(S(N)(=O)=O)cc1C(=O)N(C)Cc1ccc2ncccc2c1. The van der Waals surface area contributed by atoms with Gasteiger partial charge in [-0.1, -0.05) is 12.1 Å². The lowest BCUT2D eigenvalue weighted by atomic mass is 10.1. The Balaban J connectivity index is 1.90. The third-order valence-electron chi connectivity index (χ3n) is 4.16. The van der Waals surface area contributed by atoms with Gasteiger partial charge in [-0.2, -0.15) is 0 Å². The van der Waals surface area contributed by atoms with E-state index in [1.54, 1.807) is 13.2 Å². The summed E-state index contributed by atoms with van der Waals surface area (Å²) in [4.78, 5) is 18.5. The van der Waals surface area contributed by atoms with E-state index in [-0.39, 0.29) is 22.1 Å². The Morgan fingerprint density at radius 1 is 1.19 bits per heavy atom. The number of hydrogen-bond acceptors (Lipinski definition) is 5. The average Bonchev–Trinajstić information content (AvgIpc) is 2.66. The summed E-state index contributed by atoms with van der Waals surface area (Å²) in [7, 11) is -0.872. The number of primary sulfonamides is 1. The molecular weight excluding hydrogens is 366 g/mol. The molecule has 7 nitrogen and oxygen atoms in total. The summed E-state index contributed by atoms with van der Waals surface area (Å²) < 4.78 is 28.4. The highest BCUT2D eigenvalue weighted by Crippen LogP contribution is 2.24. The van der Waals surface area contributed by atoms with Crippen molar-refractivity contribution in [1.29, 1.82) is 0 Å². The molecule has 3 aromatic rings. The van der Waals surface area contributed by atoms with E-state index in [1.807, 2.05) is 30.3 Å². The second-order valence-electron chi connectivity index (χ2n) is 6.10. The average molecular weight is 385 g/mol. The van der Waals surface area contributed by atoms with E-state index >= 15 is 0 Å². The van der Waals surface area contributed by atoms with Crippen molar-refractivity contribution >= 4 is 26.8 Å². The Hall–Kier alpha value is -2.97. The van der Waals surface area contributed by atoms with Gasteiger partial charge in [-0.3, -0.25) is 9.78 Å². The van der Waals surface area contributed by atoms with Crippen LogP contribution >= 0.6 is 0 Å². The summed E-state index contributed by atoms with van der Waals surface area (Å²) in [6, 6.07) is 13.5. The van der Waals surface area contributed by atoms with Crippen LogP contribution in [0.25, 0.3) is 10.9 Å². The molecule has 0 saturated carbocycles. The van der Waals surface area contributed by atoms with E-state index in [0.717, 1.165) is 16.5 Å². The minimum Gasteiger partial charge on any atom is -0.496 e. The molecule has 0 unspecified atom stereocenters. The number of carbonyl (C=O) groups excluding carboxylic acids is 1. The first-order valence-corrected chi connectivity index (χ1v) is 9.64. The zero-order chi connectivity index (χ0) is 19.6. The molecule has 27 heavy (non-hydrogen) atoms. The van der Waals surface area contributed by atoms with E-state index in [4.69, 9.17) is 9.88 Å². The number of nitrogens with zero attached hydrogens (tertiary/aromatic N) is 2. The van der Waals surface area contributed by atoms with Crippen molar-refractivity contribution in [1.82, 2.24) is 9.88 Å². The van der Waals surface area contributed by atoms with Crippen LogP contribution in [0.1, 0.15) is 15.9 Å². The molecule has 0 aliphatic carbocycles. The van der Waals surface area contributed by atoms with E-state index in [1.165, 1.54) is 30.2 Å². The summed E-state index contributed by atoms with van der Waals surface area (Å²) in [5.41, 5.74) is 1.93. The highest BCUT2D eigenvalue weighted by molar-refractivity contribution is 7.89. The lowest BCUT2D eigenvalue weighted by molar-refractivity contribution is 0.0781. The Labute approximate surface area is 157 Å². The van der Waals surface area contributed by atoms with Gasteiger partial charge in [-0.05, 0) is 42.0 Å². The first kappa shape index (κ1) is 18.8. The molecule has 2 N–H and O–H groups in total. The fourth-order valence-corrected chi connectivity index (χ4v) is 3.35. The molecule has 0 saturated heterocycles. The normalized spacial score (nSPS) is 11.4. The van der Waals surface area contributed by atoms with Gasteiger partial charge >= 0.3 is 0 Å². The lowest BCUT2D eigenvalue weighted by Gasteiger charge is -2.19. The Morgan fingerprint density at radius 2 is 1.96 bits per heavy atom. The minimum atomic E-state index is -3.93. The monoisotopic (exact) mass is 385 g/mol. The molecule has 0 bridgehead atoms. The molecule has 8 heteroatoms. The number of hydrogen-bond donors (Lipinski definition) is 1. The number of fused-ring (bicyclic) bond motifs is 1. The lowest BCUT2D eigenvalue weighted by Crippen LogP contribution is -2.27. The van der Waals surface area contributed by atoms with Crippen LogP contribution < -0.4 is 9.88 Å². The maximum Gasteiger partial charge on any atom is 0.257 e. The van der Waals surface area contributed by atoms with Gasteiger partial charge in [0.05, 0.1) is 23.1 Å². The number of benzene rings is 2. The van der Waals surface area contributed by atoms with E-state index in [2.05, 4.69) is 4.98 Å². The van der Waals surface area contributed by atoms with E-state index in [0.29, 0.717) is 6.54 Å². The largest absolute Gasteiger partial charge is 0.496 e. The van der Waals surface area contributed by atoms with E-state index < -0.39 is 10.0 Å². The Bertz CT molecular complexity index is 1110. The van der Waals surface area contributed by atoms with Gasteiger partial charge in [-0.25, -0.2) is 13.6 Å². The van der Waals surface area contributed by atoms with Crippen LogP contribution in [0.3, 0.4) is 0 Å². The predicted octanol–water partition coefficient (Wildman–Crippen LogP) is 2.16. The molecule has 1 aromatic heterocycles. The number of rotatable bonds is 5. The van der Waals surface area contributed by atoms with Crippen LogP contribution in [0, 0.1) is 0 Å². The predicted molar refractivity (Wildman–Crippen MR) is 102 cm³/mol. The second kappa shape index (κ2) is 7.34. The number of carbonyl (C=O) groups is 1. The molecule has 1 amide bonds. The fourth-order valence-electron chi connectivity index (χ4n) is 2.81. The summed E-state index contributed by atoms with van der Waals surface area (Å²) in [5, 5.41) is 6.15. The number of methoxy groups -OCH3 is 1. The molecular formula is C19H19N3O4S. The molecule has 0 spiro atoms. The Morgan fingerprint density at radius 3 is 2.67 bits per heavy atom. The number of ether oxygens (including phenoxy) is 1. The van der Waals surface area contributed by atoms with Gasteiger partial charge in [0, 0.05) is 25.2 Å². The molecule has 2 aromatic carbocycles. The fraction of sp³-hybridized carbons (Fsp3) is 0.158. The number of sulfonamides is 1. The van der Waals surface area contributed by atoms with Crippen molar-refractivity contribution in [2.45, 2.75) is 11.4 Å². The van der Waals surface area contributed by atoms with Crippen molar-refractivity contribution < 1.29 is 17.9 Å². The smallest absolute Gasteiger partial charge is 0.257 e. The summed E-state index contributed by atoms with van der Waals surface area (Å²) in [6.07, 6.45) is 1.72. The van der Waals surface area contributed by atoms with Gasteiger partial charge < -0.3 is 9.64 Å². The van der Waals surface area contributed by atoms with Crippen LogP contribution in [-0.4, -0.2) is 38.4 Å². The maximum absolute atomic E-state index is 12.9. The van der Waals surface area contributed by atoms with Gasteiger partial charge in [0.15, 0.2) is 0 Å². The number of aromatic nitrogens is 1. The zero-order valence-electron chi connectivity index (χ0n) is 14.9. The number of nitrogens with two attached hydrogens (primary N) is 1. The quantitative estimate of drug-likeness (QED) is 0.725. The minimum absolute atomic E-state index is 0.133. The molecule has 140 valence electrons. The van der Waals surface area contributed by atoms with Crippen LogP contribution in [0.4, 0.5) is 0 Å². The number of amides is 1. The van der Waals surface area contributed by atoms with Crippen molar-refractivity contribution in [3.8, 4) is 5.75 Å². The van der Waals surface area contributed by atoms with Crippen molar-refractivity contribution in [3.63, 3.8) is 0 Å². The maximum atomic E-state index is 12.9. The zero-order valence-corrected chi connectivity index (χ0v) is 15.7. The second-order valence-corrected chi connectivity index (χ2v) is 7.66. The van der Waals surface area contributed by atoms with Gasteiger partial charge in [0.2, 0.25) is 10.0 Å². The summed E-state index contributed by atoms with van der Waals surface area (Å²) in [6.45, 7) is 0.340. The standard InChI is InChI=1S/C19H19N3O4S/c1-22(12-13-5-7-17-14(10-13)4-3-9-21-17)19(23)16-11-15(27(20,24)25)6-8-18(16)26-2/h3-11H,12H2,1-2H3,(H2,20,24,25). The van der Waals surface area contributed by atoms with Gasteiger partial charge in [-0.15, -0.1) is 0 Å². The van der Waals surface area contributed by atoms with Crippen molar-refractivity contribution in [2.24, 2.45) is 5.14 Å². The molecule has 1 heterocycles.